The Morgan fingerprint density at radius 3 is 2.74 bits per heavy atom. The number of ether oxygens (including phenoxy) is 1. The number of benzene rings is 1. The van der Waals surface area contributed by atoms with Crippen molar-refractivity contribution in [3.8, 4) is 5.75 Å². The highest BCUT2D eigenvalue weighted by Gasteiger charge is 2.33. The lowest BCUT2D eigenvalue weighted by Gasteiger charge is -2.34. The molecule has 1 fully saturated rings. The predicted octanol–water partition coefficient (Wildman–Crippen LogP) is 1.36. The first-order valence-electron chi connectivity index (χ1n) is 9.42. The van der Waals surface area contributed by atoms with Crippen LogP contribution in [0.5, 0.6) is 5.75 Å². The Morgan fingerprint density at radius 1 is 1.26 bits per heavy atom. The van der Waals surface area contributed by atoms with Crippen LogP contribution in [-0.4, -0.2) is 72.8 Å². The van der Waals surface area contributed by atoms with E-state index in [1.165, 1.54) is 9.80 Å². The molecule has 1 atom stereocenters. The highest BCUT2D eigenvalue weighted by Crippen LogP contribution is 2.37. The van der Waals surface area contributed by atoms with Crippen LogP contribution in [0.15, 0.2) is 18.2 Å². The molecule has 7 nitrogen and oxygen atoms in total. The molecule has 27 heavy (non-hydrogen) atoms. The van der Waals surface area contributed by atoms with Gasteiger partial charge in [-0.3, -0.25) is 14.4 Å². The zero-order valence-electron chi connectivity index (χ0n) is 16.2. The maximum atomic E-state index is 12.8. The lowest BCUT2D eigenvalue weighted by Crippen LogP contribution is -2.46. The van der Waals surface area contributed by atoms with Gasteiger partial charge in [-0.05, 0) is 18.9 Å². The number of nitrogens with zero attached hydrogens (tertiary/aromatic N) is 3. The van der Waals surface area contributed by atoms with Crippen molar-refractivity contribution < 1.29 is 19.1 Å². The van der Waals surface area contributed by atoms with E-state index >= 15 is 0 Å². The molecule has 1 saturated heterocycles. The highest BCUT2D eigenvalue weighted by atomic mass is 16.5. The molecule has 0 N–H and O–H groups in total. The number of likely N-dealkylation sites (N-methyl/N-ethyl adjacent to an activating group) is 2. The van der Waals surface area contributed by atoms with E-state index in [0.717, 1.165) is 29.8 Å². The van der Waals surface area contributed by atoms with Gasteiger partial charge in [0.05, 0.1) is 12.6 Å². The van der Waals surface area contributed by atoms with E-state index in [2.05, 4.69) is 0 Å². The van der Waals surface area contributed by atoms with E-state index in [4.69, 9.17) is 4.74 Å². The summed E-state index contributed by atoms with van der Waals surface area (Å²) in [6.45, 7) is 4.04. The van der Waals surface area contributed by atoms with E-state index < -0.39 is 11.8 Å². The van der Waals surface area contributed by atoms with Gasteiger partial charge >= 0.3 is 11.8 Å². The quantitative estimate of drug-likeness (QED) is 0.747. The summed E-state index contributed by atoms with van der Waals surface area (Å²) in [6.07, 6.45) is 2.08. The number of carbonyl (C=O) groups is 3. The van der Waals surface area contributed by atoms with Crippen molar-refractivity contribution in [2.45, 2.75) is 32.2 Å². The molecular formula is C20H27N3O4. The molecule has 0 bridgehead atoms. The number of para-hydroxylation sites is 1. The molecule has 7 heteroatoms. The standard InChI is InChI=1S/C20H27N3O4/c1-14-6-4-7-15-16(9-13-27-18(14)15)22(3)20(26)19(25)21(2)11-12-23-10-5-8-17(23)24/h4,6-7,16H,5,8-13H2,1-3H3. The van der Waals surface area contributed by atoms with Gasteiger partial charge < -0.3 is 19.4 Å². The van der Waals surface area contributed by atoms with Gasteiger partial charge in [0.1, 0.15) is 5.75 Å². The smallest absolute Gasteiger partial charge is 0.312 e. The van der Waals surface area contributed by atoms with Crippen molar-refractivity contribution in [3.05, 3.63) is 29.3 Å². The summed E-state index contributed by atoms with van der Waals surface area (Å²) in [4.78, 5) is 41.7. The number of hydrogen-bond donors (Lipinski definition) is 0. The van der Waals surface area contributed by atoms with Gasteiger partial charge in [-0.15, -0.1) is 0 Å². The minimum atomic E-state index is -0.551. The number of fused-ring (bicyclic) bond motifs is 1. The molecule has 2 heterocycles. The number of rotatable bonds is 4. The van der Waals surface area contributed by atoms with Crippen LogP contribution in [0.4, 0.5) is 0 Å². The summed E-state index contributed by atoms with van der Waals surface area (Å²) in [5.74, 6) is -0.162. The zero-order valence-corrected chi connectivity index (χ0v) is 16.2. The minimum Gasteiger partial charge on any atom is -0.493 e. The van der Waals surface area contributed by atoms with Gasteiger partial charge in [0.15, 0.2) is 0 Å². The molecule has 0 aromatic heterocycles. The maximum Gasteiger partial charge on any atom is 0.312 e. The molecule has 0 saturated carbocycles. The van der Waals surface area contributed by atoms with Crippen molar-refractivity contribution >= 4 is 17.7 Å². The summed E-state index contributed by atoms with van der Waals surface area (Å²) >= 11 is 0. The van der Waals surface area contributed by atoms with Crippen LogP contribution in [0.1, 0.15) is 36.4 Å². The van der Waals surface area contributed by atoms with E-state index in [1.54, 1.807) is 19.0 Å². The van der Waals surface area contributed by atoms with Crippen LogP contribution in [0, 0.1) is 6.92 Å². The van der Waals surface area contributed by atoms with Gasteiger partial charge in [-0.25, -0.2) is 0 Å². The molecule has 0 spiro atoms. The Morgan fingerprint density at radius 2 is 2.04 bits per heavy atom. The van der Waals surface area contributed by atoms with E-state index in [9.17, 15) is 14.4 Å². The number of carbonyl (C=O) groups excluding carboxylic acids is 3. The van der Waals surface area contributed by atoms with Crippen molar-refractivity contribution in [3.63, 3.8) is 0 Å². The average Bonchev–Trinajstić information content (AvgIpc) is 3.09. The van der Waals surface area contributed by atoms with Crippen molar-refractivity contribution in [2.75, 3.05) is 40.3 Å². The predicted molar refractivity (Wildman–Crippen MR) is 100 cm³/mol. The van der Waals surface area contributed by atoms with E-state index in [-0.39, 0.29) is 11.9 Å². The van der Waals surface area contributed by atoms with Crippen LogP contribution in [0.2, 0.25) is 0 Å². The van der Waals surface area contributed by atoms with E-state index in [0.29, 0.717) is 32.5 Å². The molecule has 1 aromatic rings. The van der Waals surface area contributed by atoms with Crippen LogP contribution in [0.25, 0.3) is 0 Å². The number of hydrogen-bond acceptors (Lipinski definition) is 4. The van der Waals surface area contributed by atoms with Crippen LogP contribution < -0.4 is 4.74 Å². The second-order valence-corrected chi connectivity index (χ2v) is 7.27. The van der Waals surface area contributed by atoms with Gasteiger partial charge in [-0.2, -0.15) is 0 Å². The lowest BCUT2D eigenvalue weighted by atomic mass is 9.97. The largest absolute Gasteiger partial charge is 0.493 e. The fraction of sp³-hybridized carbons (Fsp3) is 0.550. The second kappa shape index (κ2) is 7.98. The molecule has 0 radical (unpaired) electrons. The molecule has 0 aliphatic carbocycles. The monoisotopic (exact) mass is 373 g/mol. The lowest BCUT2D eigenvalue weighted by molar-refractivity contribution is -0.152. The number of likely N-dealkylation sites (tertiary alicyclic amines) is 1. The Kier molecular flexibility index (Phi) is 5.68. The Labute approximate surface area is 159 Å². The van der Waals surface area contributed by atoms with Crippen molar-refractivity contribution in [2.24, 2.45) is 0 Å². The number of amides is 3. The molecule has 1 unspecified atom stereocenters. The highest BCUT2D eigenvalue weighted by molar-refractivity contribution is 6.34. The molecule has 3 rings (SSSR count). The van der Waals surface area contributed by atoms with E-state index in [1.807, 2.05) is 25.1 Å². The summed E-state index contributed by atoms with van der Waals surface area (Å²) in [5.41, 5.74) is 1.96. The molecule has 3 amide bonds. The molecule has 2 aliphatic rings. The van der Waals surface area contributed by atoms with Crippen LogP contribution >= 0.6 is 0 Å². The molecule has 2 aliphatic heterocycles. The normalized spacial score (nSPS) is 18.7. The first-order chi connectivity index (χ1) is 12.9. The molecule has 146 valence electrons. The summed E-state index contributed by atoms with van der Waals surface area (Å²) < 4.78 is 5.76. The van der Waals surface area contributed by atoms with Crippen molar-refractivity contribution in [1.82, 2.24) is 14.7 Å². The Balaban J connectivity index is 1.64. The first-order valence-corrected chi connectivity index (χ1v) is 9.42. The zero-order chi connectivity index (χ0) is 19.6. The van der Waals surface area contributed by atoms with Crippen molar-refractivity contribution in [1.29, 1.82) is 0 Å². The number of aryl methyl sites for hydroxylation is 1. The first kappa shape index (κ1) is 19.2. The average molecular weight is 373 g/mol. The van der Waals surface area contributed by atoms with Crippen LogP contribution in [0.3, 0.4) is 0 Å². The van der Waals surface area contributed by atoms with Crippen LogP contribution in [-0.2, 0) is 14.4 Å². The molecular weight excluding hydrogens is 346 g/mol. The topological polar surface area (TPSA) is 70.2 Å². The van der Waals surface area contributed by atoms with Gasteiger partial charge in [0.2, 0.25) is 5.91 Å². The third-order valence-electron chi connectivity index (χ3n) is 5.43. The third kappa shape index (κ3) is 3.91. The fourth-order valence-corrected chi connectivity index (χ4v) is 3.73. The second-order valence-electron chi connectivity index (χ2n) is 7.27. The third-order valence-corrected chi connectivity index (χ3v) is 5.43. The summed E-state index contributed by atoms with van der Waals surface area (Å²) in [5, 5.41) is 0. The molecule has 1 aromatic carbocycles. The summed E-state index contributed by atoms with van der Waals surface area (Å²) in [7, 11) is 3.27. The van der Waals surface area contributed by atoms with Gasteiger partial charge in [0.25, 0.3) is 0 Å². The van der Waals surface area contributed by atoms with Gasteiger partial charge in [0, 0.05) is 52.1 Å². The Hall–Kier alpha value is -2.57. The van der Waals surface area contributed by atoms with Gasteiger partial charge in [-0.1, -0.05) is 18.2 Å². The SMILES string of the molecule is Cc1cccc2c1OCCC2N(C)C(=O)C(=O)N(C)CCN1CCCC1=O. The minimum absolute atomic E-state index is 0.119. The maximum absolute atomic E-state index is 12.8. The Bertz CT molecular complexity index is 749. The fourth-order valence-electron chi connectivity index (χ4n) is 3.73. The summed E-state index contributed by atoms with van der Waals surface area (Å²) in [6, 6.07) is 5.68.